The fraction of sp³-hybridized carbons (Fsp3) is 0. The Morgan fingerprint density at radius 1 is 0.800 bits per heavy atom. The molecule has 0 unspecified atom stereocenters. The topological polar surface area (TPSA) is 0 Å². The molecule has 0 saturated carbocycles. The molecule has 0 aliphatic carbocycles. The van der Waals surface area contributed by atoms with Crippen LogP contribution in [0.3, 0.4) is 0 Å². The molecular weight excluding hydrogens is 500 g/mol. The van der Waals surface area contributed by atoms with Gasteiger partial charge in [0.05, 0.1) is 0 Å². The molecule has 0 bridgehead atoms. The fourth-order valence-electron chi connectivity index (χ4n) is 0. The van der Waals surface area contributed by atoms with E-state index in [1.165, 1.54) is 0 Å². The molecule has 5 heteroatoms. The van der Waals surface area contributed by atoms with E-state index in [2.05, 4.69) is 54.6 Å². The van der Waals surface area contributed by atoms with E-state index in [1.807, 2.05) is 0 Å². The smallest absolute Gasteiger partial charge is 2.00 e. The molecule has 0 aromatic rings. The number of hydrogen-bond acceptors (Lipinski definition) is 0. The van der Waals surface area contributed by atoms with Crippen molar-refractivity contribution in [3.05, 3.63) is 0 Å². The average molecular weight is 502 g/mol. The Morgan fingerprint density at radius 2 is 0.800 bits per heavy atom. The predicted octanol–water partition coefficient (Wildman–Crippen LogP) is -2.06. The summed E-state index contributed by atoms with van der Waals surface area (Å²) in [5, 5.41) is 0. The molecule has 0 aromatic carbocycles. The third-order valence-corrected chi connectivity index (χ3v) is 0. The Balaban J connectivity index is -0.0000000133. The van der Waals surface area contributed by atoms with E-state index in [0.717, 1.165) is 0 Å². The zero-order chi connectivity index (χ0) is 4.00. The fourth-order valence-corrected chi connectivity index (χ4v) is 0. The number of rotatable bonds is 0. The van der Waals surface area contributed by atoms with Crippen LogP contribution in [0.1, 0.15) is 0 Å². The quantitative estimate of drug-likeness (QED) is 0.335. The average Bonchev–Trinajstić information content (AvgIpc) is 1.50. The normalized spacial score (nSPS) is 2.00. The van der Waals surface area contributed by atoms with Crippen LogP contribution in [0.4, 0.5) is 0 Å². The van der Waals surface area contributed by atoms with Crippen LogP contribution in [-0.4, -0.2) is 54.6 Å². The Labute approximate surface area is 74.5 Å². The van der Waals surface area contributed by atoms with Crippen molar-refractivity contribution >= 4 is 54.6 Å². The maximum Gasteiger partial charge on any atom is 2.00 e. The second kappa shape index (κ2) is 29.4. The van der Waals surface area contributed by atoms with Gasteiger partial charge >= 0.3 is 75.7 Å². The van der Waals surface area contributed by atoms with Gasteiger partial charge in [0, 0.05) is 0 Å². The third kappa shape index (κ3) is 20.1. The van der Waals surface area contributed by atoms with E-state index in [0.29, 0.717) is 0 Å². The predicted molar refractivity (Wildman–Crippen MR) is 25.8 cm³/mol. The zero-order valence-corrected chi connectivity index (χ0v) is 12.2. The molecule has 0 amide bonds. The summed E-state index contributed by atoms with van der Waals surface area (Å²) < 4.78 is 0. The van der Waals surface area contributed by atoms with Crippen molar-refractivity contribution < 1.29 is 21.1 Å². The molecule has 0 rings (SSSR count). The van der Waals surface area contributed by atoms with Crippen molar-refractivity contribution in [3.8, 4) is 0 Å². The van der Waals surface area contributed by atoms with Crippen molar-refractivity contribution in [3.63, 3.8) is 0 Å². The van der Waals surface area contributed by atoms with Gasteiger partial charge in [-0.1, -0.05) is 0 Å². The van der Waals surface area contributed by atoms with Crippen LogP contribution in [0.2, 0.25) is 0 Å². The van der Waals surface area contributed by atoms with E-state index >= 15 is 0 Å². The molecule has 5 heavy (non-hydrogen) atoms. The maximum atomic E-state index is 2.56. The third-order valence-electron chi connectivity index (χ3n) is 0. The van der Waals surface area contributed by atoms with Crippen LogP contribution >= 0.6 is 0 Å². The molecule has 0 N–H and O–H groups in total. The van der Waals surface area contributed by atoms with Gasteiger partial charge in [-0.3, -0.25) is 0 Å². The minimum absolute atomic E-state index is 0. The largest absolute Gasteiger partial charge is 2.00 e. The summed E-state index contributed by atoms with van der Waals surface area (Å²) in [6.07, 6.45) is 0. The zero-order valence-electron chi connectivity index (χ0n) is 2.12. The van der Waals surface area contributed by atoms with Crippen LogP contribution in [0, 0.1) is 0 Å². The summed E-state index contributed by atoms with van der Waals surface area (Å²) in [7, 11) is 0. The minimum atomic E-state index is 0. The van der Waals surface area contributed by atoms with E-state index in [1.54, 1.807) is 0 Å². The van der Waals surface area contributed by atoms with Crippen molar-refractivity contribution in [2.24, 2.45) is 0 Å². The molecule has 0 nitrogen and oxygen atoms in total. The van der Waals surface area contributed by atoms with Crippen LogP contribution in [0.25, 0.3) is 0 Å². The van der Waals surface area contributed by atoms with Crippen molar-refractivity contribution in [2.75, 3.05) is 0 Å². The standard InChI is InChI=1S/2HSe2.W/c2*1-2;/h2*1H;/q2*-1;+2. The first-order valence-corrected chi connectivity index (χ1v) is 9.86. The van der Waals surface area contributed by atoms with Crippen molar-refractivity contribution in [1.82, 2.24) is 0 Å². The summed E-state index contributed by atoms with van der Waals surface area (Å²) >= 11 is 9.50. The summed E-state index contributed by atoms with van der Waals surface area (Å²) in [5.74, 6) is 0. The molecule has 32 valence electrons. The van der Waals surface area contributed by atoms with Crippen LogP contribution < -0.4 is 0 Å². The van der Waals surface area contributed by atoms with Gasteiger partial charge in [-0.15, -0.1) is 0 Å². The molecule has 0 saturated heterocycles. The van der Waals surface area contributed by atoms with Gasteiger partial charge in [-0.05, 0) is 0 Å². The van der Waals surface area contributed by atoms with Gasteiger partial charge in [0.2, 0.25) is 0 Å². The summed E-state index contributed by atoms with van der Waals surface area (Å²) in [4.78, 5) is 0. The van der Waals surface area contributed by atoms with Crippen LogP contribution in [0.5, 0.6) is 0 Å². The SMILES string of the molecule is [Se]=[SeH-].[Se]=[SeH-].[W+2]. The van der Waals surface area contributed by atoms with Crippen molar-refractivity contribution in [2.45, 2.75) is 0 Å². The van der Waals surface area contributed by atoms with Crippen molar-refractivity contribution in [1.29, 1.82) is 0 Å². The van der Waals surface area contributed by atoms with Crippen LogP contribution in [-0.2, 0) is 21.1 Å². The second-order valence-corrected chi connectivity index (χ2v) is 0. The molecule has 0 spiro atoms. The second-order valence-electron chi connectivity index (χ2n) is 0. The summed E-state index contributed by atoms with van der Waals surface area (Å²) in [5.41, 5.74) is 0. The monoisotopic (exact) mass is 506 g/mol. The molecule has 0 atom stereocenters. The van der Waals surface area contributed by atoms with Gasteiger partial charge in [-0.25, -0.2) is 0 Å². The molecule has 0 fully saturated rings. The first kappa shape index (κ1) is 15.7. The van der Waals surface area contributed by atoms with Gasteiger partial charge in [0.1, 0.15) is 0 Å². The minimum Gasteiger partial charge on any atom is 2.00 e. The Hall–Kier alpha value is 2.77. The van der Waals surface area contributed by atoms with Gasteiger partial charge in [0.25, 0.3) is 0 Å². The first-order valence-electron chi connectivity index (χ1n) is 0.365. The Morgan fingerprint density at radius 3 is 0.800 bits per heavy atom. The molecule has 0 radical (unpaired) electrons. The Bertz CT molecular complexity index is 5.61. The molecular formula is H2Se4W. The number of hydrogen-bond donors (Lipinski definition) is 0. The van der Waals surface area contributed by atoms with E-state index in [-0.39, 0.29) is 21.1 Å². The van der Waals surface area contributed by atoms with Gasteiger partial charge in [0.15, 0.2) is 0 Å². The maximum absolute atomic E-state index is 2.56. The Kier molecular flexibility index (Phi) is 92.0. The van der Waals surface area contributed by atoms with Gasteiger partial charge < -0.3 is 0 Å². The first-order chi connectivity index (χ1) is 2.00. The van der Waals surface area contributed by atoms with E-state index in [4.69, 9.17) is 0 Å². The van der Waals surface area contributed by atoms with Crippen LogP contribution in [0.15, 0.2) is 0 Å². The molecule has 0 heterocycles. The van der Waals surface area contributed by atoms with Gasteiger partial charge in [-0.2, -0.15) is 0 Å². The summed E-state index contributed by atoms with van der Waals surface area (Å²) in [6.45, 7) is 0. The molecule has 0 aromatic heterocycles. The van der Waals surface area contributed by atoms with E-state index < -0.39 is 0 Å². The molecule has 0 aliphatic heterocycles. The van der Waals surface area contributed by atoms with E-state index in [9.17, 15) is 0 Å². The summed E-state index contributed by atoms with van der Waals surface area (Å²) in [6, 6.07) is 0. The molecule has 0 aliphatic rings.